The fourth-order valence-electron chi connectivity index (χ4n) is 2.88. The minimum Gasteiger partial charge on any atom is -0.396 e. The summed E-state index contributed by atoms with van der Waals surface area (Å²) in [6.07, 6.45) is 2.10. The van der Waals surface area contributed by atoms with Crippen LogP contribution in [-0.2, 0) is 6.42 Å². The summed E-state index contributed by atoms with van der Waals surface area (Å²) in [6.45, 7) is 0.0803. The average Bonchev–Trinajstić information content (AvgIpc) is 2.69. The number of aliphatic hydroxyl groups excluding tert-OH is 1. The van der Waals surface area contributed by atoms with Crippen LogP contribution in [0.25, 0.3) is 0 Å². The van der Waals surface area contributed by atoms with Crippen LogP contribution in [0.4, 0.5) is 8.78 Å². The monoisotopic (exact) mass is 254 g/mol. The van der Waals surface area contributed by atoms with Crippen molar-refractivity contribution in [3.63, 3.8) is 0 Å². The van der Waals surface area contributed by atoms with Crippen LogP contribution in [0, 0.1) is 11.8 Å². The molecule has 2 atom stereocenters. The number of hydrogen-bond donors (Lipinski definition) is 1. The van der Waals surface area contributed by atoms with Gasteiger partial charge in [-0.2, -0.15) is 0 Å². The smallest absolute Gasteiger partial charge is 0.248 e. The lowest BCUT2D eigenvalue weighted by atomic mass is 9.89. The summed E-state index contributed by atoms with van der Waals surface area (Å²) in [5, 5.41) is 9.39. The standard InChI is InChI=1S/C15H20F2O/c16-15(17)7-6-13(10-15)9-14(11-18)8-12-4-2-1-3-5-12/h1-5,13-14,18H,6-11H2. The maximum atomic E-state index is 13.1. The Labute approximate surface area is 107 Å². The topological polar surface area (TPSA) is 20.2 Å². The van der Waals surface area contributed by atoms with E-state index in [-0.39, 0.29) is 31.3 Å². The van der Waals surface area contributed by atoms with Gasteiger partial charge < -0.3 is 5.11 Å². The first-order chi connectivity index (χ1) is 8.59. The molecule has 100 valence electrons. The highest BCUT2D eigenvalue weighted by Gasteiger charge is 2.39. The zero-order chi connectivity index (χ0) is 13.0. The lowest BCUT2D eigenvalue weighted by Crippen LogP contribution is -2.16. The second kappa shape index (κ2) is 5.79. The number of rotatable bonds is 5. The molecule has 0 aromatic heterocycles. The maximum absolute atomic E-state index is 13.1. The van der Waals surface area contributed by atoms with E-state index in [1.807, 2.05) is 30.3 Å². The van der Waals surface area contributed by atoms with Crippen LogP contribution < -0.4 is 0 Å². The third-order valence-corrected chi connectivity index (χ3v) is 3.80. The first-order valence-corrected chi connectivity index (χ1v) is 6.62. The summed E-state index contributed by atoms with van der Waals surface area (Å²) in [4.78, 5) is 0. The van der Waals surface area contributed by atoms with E-state index in [0.29, 0.717) is 12.8 Å². The van der Waals surface area contributed by atoms with Crippen LogP contribution in [0.3, 0.4) is 0 Å². The Morgan fingerprint density at radius 2 is 2.00 bits per heavy atom. The normalized spacial score (nSPS) is 24.1. The molecule has 1 aliphatic rings. The van der Waals surface area contributed by atoms with Crippen molar-refractivity contribution in [1.82, 2.24) is 0 Å². The Morgan fingerprint density at radius 1 is 1.28 bits per heavy atom. The molecule has 0 spiro atoms. The SMILES string of the molecule is OCC(Cc1ccccc1)CC1CCC(F)(F)C1. The largest absolute Gasteiger partial charge is 0.396 e. The third-order valence-electron chi connectivity index (χ3n) is 3.80. The molecule has 0 amide bonds. The van der Waals surface area contributed by atoms with Crippen molar-refractivity contribution in [1.29, 1.82) is 0 Å². The molecule has 0 saturated heterocycles. The molecule has 1 saturated carbocycles. The van der Waals surface area contributed by atoms with Gasteiger partial charge in [-0.1, -0.05) is 30.3 Å². The van der Waals surface area contributed by atoms with Gasteiger partial charge in [0.2, 0.25) is 5.92 Å². The third kappa shape index (κ3) is 3.77. The van der Waals surface area contributed by atoms with E-state index in [1.54, 1.807) is 0 Å². The Balaban J connectivity index is 1.87. The van der Waals surface area contributed by atoms with Crippen molar-refractivity contribution >= 4 is 0 Å². The summed E-state index contributed by atoms with van der Waals surface area (Å²) in [5.41, 5.74) is 1.17. The molecule has 0 bridgehead atoms. The Kier molecular flexibility index (Phi) is 4.33. The first-order valence-electron chi connectivity index (χ1n) is 6.62. The number of benzene rings is 1. The molecule has 18 heavy (non-hydrogen) atoms. The van der Waals surface area contributed by atoms with E-state index in [4.69, 9.17) is 0 Å². The average molecular weight is 254 g/mol. The number of halogens is 2. The predicted octanol–water partition coefficient (Wildman–Crippen LogP) is 3.66. The molecule has 0 aliphatic heterocycles. The Hall–Kier alpha value is -0.960. The molecule has 1 N–H and O–H groups in total. The van der Waals surface area contributed by atoms with E-state index in [1.165, 1.54) is 5.56 Å². The quantitative estimate of drug-likeness (QED) is 0.850. The van der Waals surface area contributed by atoms with E-state index >= 15 is 0 Å². The lowest BCUT2D eigenvalue weighted by Gasteiger charge is -2.18. The van der Waals surface area contributed by atoms with Gasteiger partial charge in [0.25, 0.3) is 0 Å². The van der Waals surface area contributed by atoms with Gasteiger partial charge in [-0.15, -0.1) is 0 Å². The van der Waals surface area contributed by atoms with Crippen LogP contribution in [0.1, 0.15) is 31.2 Å². The van der Waals surface area contributed by atoms with Crippen LogP contribution in [0.15, 0.2) is 30.3 Å². The van der Waals surface area contributed by atoms with Crippen molar-refractivity contribution in [3.8, 4) is 0 Å². The minimum atomic E-state index is -2.47. The van der Waals surface area contributed by atoms with Crippen molar-refractivity contribution in [3.05, 3.63) is 35.9 Å². The van der Waals surface area contributed by atoms with Gasteiger partial charge in [0.15, 0.2) is 0 Å². The molecule has 2 unspecified atom stereocenters. The van der Waals surface area contributed by atoms with E-state index in [2.05, 4.69) is 0 Å². The molecule has 1 aromatic rings. The second-order valence-corrected chi connectivity index (χ2v) is 5.44. The van der Waals surface area contributed by atoms with Crippen molar-refractivity contribution < 1.29 is 13.9 Å². The van der Waals surface area contributed by atoms with Crippen LogP contribution in [0.2, 0.25) is 0 Å². The van der Waals surface area contributed by atoms with Gasteiger partial charge in [0, 0.05) is 19.4 Å². The molecule has 3 heteroatoms. The van der Waals surface area contributed by atoms with Crippen molar-refractivity contribution in [2.24, 2.45) is 11.8 Å². The number of alkyl halides is 2. The molecule has 1 aromatic carbocycles. The van der Waals surface area contributed by atoms with Crippen LogP contribution in [-0.4, -0.2) is 17.6 Å². The summed E-state index contributed by atoms with van der Waals surface area (Å²) in [6, 6.07) is 9.92. The van der Waals surface area contributed by atoms with Crippen LogP contribution >= 0.6 is 0 Å². The predicted molar refractivity (Wildman–Crippen MR) is 67.6 cm³/mol. The Bertz CT molecular complexity index is 364. The van der Waals surface area contributed by atoms with Gasteiger partial charge in [-0.05, 0) is 36.7 Å². The fraction of sp³-hybridized carbons (Fsp3) is 0.600. The van der Waals surface area contributed by atoms with Gasteiger partial charge in [0.05, 0.1) is 0 Å². The van der Waals surface area contributed by atoms with Crippen molar-refractivity contribution in [2.75, 3.05) is 6.61 Å². The molecule has 1 nitrogen and oxygen atoms in total. The molecule has 1 fully saturated rings. The molecular formula is C15H20F2O. The zero-order valence-corrected chi connectivity index (χ0v) is 10.5. The molecule has 1 aliphatic carbocycles. The lowest BCUT2D eigenvalue weighted by molar-refractivity contribution is 0.00358. The highest BCUT2D eigenvalue weighted by molar-refractivity contribution is 5.15. The number of aliphatic hydroxyl groups is 1. The molecule has 0 heterocycles. The molecular weight excluding hydrogens is 234 g/mol. The zero-order valence-electron chi connectivity index (χ0n) is 10.5. The highest BCUT2D eigenvalue weighted by Crippen LogP contribution is 2.41. The van der Waals surface area contributed by atoms with Gasteiger partial charge in [0.1, 0.15) is 0 Å². The number of hydrogen-bond acceptors (Lipinski definition) is 1. The van der Waals surface area contributed by atoms with Gasteiger partial charge >= 0.3 is 0 Å². The van der Waals surface area contributed by atoms with Gasteiger partial charge in [-0.3, -0.25) is 0 Å². The Morgan fingerprint density at radius 3 is 2.56 bits per heavy atom. The fourth-order valence-corrected chi connectivity index (χ4v) is 2.88. The second-order valence-electron chi connectivity index (χ2n) is 5.44. The molecule has 0 radical (unpaired) electrons. The van der Waals surface area contributed by atoms with E-state index in [0.717, 1.165) is 6.42 Å². The minimum absolute atomic E-state index is 0.00170. The maximum Gasteiger partial charge on any atom is 0.248 e. The molecule has 2 rings (SSSR count). The van der Waals surface area contributed by atoms with E-state index < -0.39 is 5.92 Å². The highest BCUT2D eigenvalue weighted by atomic mass is 19.3. The van der Waals surface area contributed by atoms with E-state index in [9.17, 15) is 13.9 Å². The summed E-state index contributed by atoms with van der Waals surface area (Å²) < 4.78 is 26.2. The summed E-state index contributed by atoms with van der Waals surface area (Å²) >= 11 is 0. The van der Waals surface area contributed by atoms with Gasteiger partial charge in [-0.25, -0.2) is 8.78 Å². The summed E-state index contributed by atoms with van der Waals surface area (Å²) in [5.74, 6) is -2.30. The van der Waals surface area contributed by atoms with Crippen LogP contribution in [0.5, 0.6) is 0 Å². The summed E-state index contributed by atoms with van der Waals surface area (Å²) in [7, 11) is 0. The van der Waals surface area contributed by atoms with Crippen molar-refractivity contribution in [2.45, 2.75) is 38.0 Å². The first kappa shape index (κ1) is 13.5.